The van der Waals surface area contributed by atoms with E-state index in [1.54, 1.807) is 24.3 Å². The number of H-pyrrole nitrogens is 1. The van der Waals surface area contributed by atoms with Crippen LogP contribution in [0.15, 0.2) is 66.5 Å². The number of aromatic nitrogens is 3. The highest BCUT2D eigenvalue weighted by atomic mass is 16.6. The Balaban J connectivity index is 1.71. The van der Waals surface area contributed by atoms with Gasteiger partial charge in [0, 0.05) is 42.2 Å². The van der Waals surface area contributed by atoms with Gasteiger partial charge in [0.15, 0.2) is 11.5 Å². The summed E-state index contributed by atoms with van der Waals surface area (Å²) in [5.41, 5.74) is 0.853. The lowest BCUT2D eigenvalue weighted by Crippen LogP contribution is -2.30. The number of rotatable bonds is 6. The second kappa shape index (κ2) is 9.07. The molecule has 37 heavy (non-hydrogen) atoms. The van der Waals surface area contributed by atoms with Crippen LogP contribution in [0, 0.1) is 10.1 Å². The van der Waals surface area contributed by atoms with Crippen molar-refractivity contribution < 1.29 is 29.1 Å². The Morgan fingerprint density at radius 1 is 1.11 bits per heavy atom. The molecular weight excluding hydrogens is 482 g/mol. The van der Waals surface area contributed by atoms with Crippen molar-refractivity contribution in [1.29, 1.82) is 0 Å². The number of benzene rings is 2. The molecule has 1 aliphatic heterocycles. The van der Waals surface area contributed by atoms with Gasteiger partial charge in [0.1, 0.15) is 5.76 Å². The number of carbonyl (C=O) groups is 2. The van der Waals surface area contributed by atoms with Crippen LogP contribution in [0.1, 0.15) is 17.2 Å². The molecule has 2 N–H and O–H groups in total. The van der Waals surface area contributed by atoms with Crippen LogP contribution in [0.5, 0.6) is 11.5 Å². The number of nitro benzene ring substituents is 1. The number of hydrogen-bond donors (Lipinski definition) is 2. The molecule has 2 aromatic heterocycles. The molecule has 0 saturated carbocycles. The zero-order chi connectivity index (χ0) is 26.3. The fourth-order valence-electron chi connectivity index (χ4n) is 4.26. The highest BCUT2D eigenvalue weighted by Crippen LogP contribution is 2.42. The first-order chi connectivity index (χ1) is 17.8. The second-order valence-corrected chi connectivity index (χ2v) is 8.05. The summed E-state index contributed by atoms with van der Waals surface area (Å²) in [6.45, 7) is 0. The SMILES string of the molecule is COc1cc2nc(N3C(=O)C(=O)/C(=C(/O)c4cccc([N+](=O)[O-])c4)C3c3cccnc3)[nH]c2cc1OC. The minimum atomic E-state index is -1.11. The second-order valence-electron chi connectivity index (χ2n) is 8.05. The average molecular weight is 501 g/mol. The van der Waals surface area contributed by atoms with E-state index in [2.05, 4.69) is 15.0 Å². The Kier molecular flexibility index (Phi) is 5.76. The Hall–Kier alpha value is -5.26. The van der Waals surface area contributed by atoms with E-state index < -0.39 is 28.4 Å². The standard InChI is InChI=1S/C25H19N5O7/c1-36-18-10-16-17(11-19(18)37-2)28-25(27-16)29-21(14-6-4-8-26-12-14)20(23(32)24(29)33)22(31)13-5-3-7-15(9-13)30(34)35/h3-12,21,31H,1-2H3,(H,27,28)/b22-20+. The first-order valence-electron chi connectivity index (χ1n) is 10.9. The quantitative estimate of drug-likeness (QED) is 0.132. The molecule has 4 aromatic rings. The van der Waals surface area contributed by atoms with Crippen molar-refractivity contribution in [2.75, 3.05) is 19.1 Å². The number of Topliss-reactive ketones (excluding diaryl/α,β-unsaturated/α-hetero) is 1. The van der Waals surface area contributed by atoms with Gasteiger partial charge < -0.3 is 19.6 Å². The highest BCUT2D eigenvalue weighted by molar-refractivity contribution is 6.51. The molecule has 0 spiro atoms. The molecule has 12 heteroatoms. The number of amides is 1. The molecule has 0 aliphatic carbocycles. The number of nitrogens with one attached hydrogen (secondary N) is 1. The summed E-state index contributed by atoms with van der Waals surface area (Å²) in [6, 6.07) is 10.6. The Bertz CT molecular complexity index is 1550. The van der Waals surface area contributed by atoms with Gasteiger partial charge in [-0.1, -0.05) is 18.2 Å². The number of aliphatic hydroxyl groups excluding tert-OH is 1. The molecule has 3 heterocycles. The number of ether oxygens (including phenoxy) is 2. The zero-order valence-corrected chi connectivity index (χ0v) is 19.5. The third kappa shape index (κ3) is 3.89. The summed E-state index contributed by atoms with van der Waals surface area (Å²) in [5.74, 6) is -1.59. The van der Waals surface area contributed by atoms with Crippen LogP contribution in [0.2, 0.25) is 0 Å². The van der Waals surface area contributed by atoms with Gasteiger partial charge >= 0.3 is 5.91 Å². The number of carbonyl (C=O) groups excluding carboxylic acids is 2. The Morgan fingerprint density at radius 3 is 2.54 bits per heavy atom. The topological polar surface area (TPSA) is 161 Å². The Labute approximate surface area is 208 Å². The van der Waals surface area contributed by atoms with Gasteiger partial charge in [-0.15, -0.1) is 0 Å². The number of pyridine rings is 1. The van der Waals surface area contributed by atoms with E-state index in [0.29, 0.717) is 28.1 Å². The van der Waals surface area contributed by atoms with Crippen LogP contribution in [-0.2, 0) is 9.59 Å². The van der Waals surface area contributed by atoms with E-state index in [4.69, 9.17) is 9.47 Å². The van der Waals surface area contributed by atoms with Gasteiger partial charge in [-0.05, 0) is 11.6 Å². The van der Waals surface area contributed by atoms with E-state index in [0.717, 1.165) is 11.0 Å². The van der Waals surface area contributed by atoms with E-state index in [-0.39, 0.29) is 22.8 Å². The normalized spacial score (nSPS) is 16.8. The molecule has 12 nitrogen and oxygen atoms in total. The number of fused-ring (bicyclic) bond motifs is 1. The van der Waals surface area contributed by atoms with Crippen molar-refractivity contribution in [3.8, 4) is 11.5 Å². The lowest BCUT2D eigenvalue weighted by molar-refractivity contribution is -0.384. The van der Waals surface area contributed by atoms with Crippen LogP contribution in [-0.4, -0.2) is 50.9 Å². The number of nitrogens with zero attached hydrogens (tertiary/aromatic N) is 4. The number of anilines is 1. The van der Waals surface area contributed by atoms with Gasteiger partial charge in [-0.3, -0.25) is 29.6 Å². The van der Waals surface area contributed by atoms with Crippen molar-refractivity contribution in [1.82, 2.24) is 15.0 Å². The van der Waals surface area contributed by atoms with Crippen molar-refractivity contribution in [2.45, 2.75) is 6.04 Å². The predicted octanol–water partition coefficient (Wildman–Crippen LogP) is 3.51. The van der Waals surface area contributed by atoms with Gasteiger partial charge in [0.05, 0.1) is 41.8 Å². The van der Waals surface area contributed by atoms with Crippen LogP contribution in [0.4, 0.5) is 11.6 Å². The van der Waals surface area contributed by atoms with Gasteiger partial charge in [-0.2, -0.15) is 0 Å². The summed E-state index contributed by atoms with van der Waals surface area (Å²) in [6.07, 6.45) is 2.98. The molecule has 0 bridgehead atoms. The van der Waals surface area contributed by atoms with Crippen molar-refractivity contribution in [3.63, 3.8) is 0 Å². The fourth-order valence-corrected chi connectivity index (χ4v) is 4.26. The number of methoxy groups -OCH3 is 2. The molecule has 1 atom stereocenters. The van der Waals surface area contributed by atoms with Gasteiger partial charge in [-0.25, -0.2) is 4.98 Å². The lowest BCUT2D eigenvalue weighted by atomic mass is 9.96. The number of imidazole rings is 1. The summed E-state index contributed by atoms with van der Waals surface area (Å²) < 4.78 is 10.6. The van der Waals surface area contributed by atoms with E-state index in [9.17, 15) is 24.8 Å². The van der Waals surface area contributed by atoms with Crippen molar-refractivity contribution in [2.24, 2.45) is 0 Å². The maximum atomic E-state index is 13.3. The van der Waals surface area contributed by atoms with Crippen LogP contribution < -0.4 is 14.4 Å². The third-order valence-corrected chi connectivity index (χ3v) is 5.98. The molecule has 0 radical (unpaired) electrons. The van der Waals surface area contributed by atoms with Crippen LogP contribution >= 0.6 is 0 Å². The largest absolute Gasteiger partial charge is 0.507 e. The van der Waals surface area contributed by atoms with E-state index in [1.165, 1.54) is 44.8 Å². The fraction of sp³-hybridized carbons (Fsp3) is 0.120. The monoisotopic (exact) mass is 501 g/mol. The van der Waals surface area contributed by atoms with Crippen molar-refractivity contribution in [3.05, 3.63) is 87.7 Å². The molecule has 1 saturated heterocycles. The van der Waals surface area contributed by atoms with E-state index >= 15 is 0 Å². The number of ketones is 1. The maximum absolute atomic E-state index is 13.3. The molecule has 5 rings (SSSR count). The number of hydrogen-bond acceptors (Lipinski definition) is 9. The third-order valence-electron chi connectivity index (χ3n) is 5.98. The number of nitro groups is 1. The molecule has 1 aliphatic rings. The number of aliphatic hydroxyl groups is 1. The summed E-state index contributed by atoms with van der Waals surface area (Å²) in [4.78, 5) is 50.0. The molecule has 186 valence electrons. The lowest BCUT2D eigenvalue weighted by Gasteiger charge is -2.22. The highest BCUT2D eigenvalue weighted by Gasteiger charge is 2.48. The van der Waals surface area contributed by atoms with Gasteiger partial charge in [0.2, 0.25) is 5.95 Å². The van der Waals surface area contributed by atoms with E-state index in [1.807, 2.05) is 0 Å². The first-order valence-corrected chi connectivity index (χ1v) is 10.9. The summed E-state index contributed by atoms with van der Waals surface area (Å²) in [5, 5.41) is 22.4. The molecule has 2 aromatic carbocycles. The average Bonchev–Trinajstić information content (AvgIpc) is 3.45. The molecular formula is C25H19N5O7. The van der Waals surface area contributed by atoms with Gasteiger partial charge in [0.25, 0.3) is 11.5 Å². The zero-order valence-electron chi connectivity index (χ0n) is 19.5. The molecule has 1 fully saturated rings. The summed E-state index contributed by atoms with van der Waals surface area (Å²) in [7, 11) is 2.96. The smallest absolute Gasteiger partial charge is 0.302 e. The van der Waals surface area contributed by atoms with Crippen molar-refractivity contribution >= 4 is 40.1 Å². The maximum Gasteiger partial charge on any atom is 0.302 e. The number of aromatic amines is 1. The minimum absolute atomic E-state index is 0.0140. The molecule has 1 unspecified atom stereocenters. The number of non-ortho nitro benzene ring substituents is 1. The molecule has 1 amide bonds. The predicted molar refractivity (Wildman–Crippen MR) is 131 cm³/mol. The summed E-state index contributed by atoms with van der Waals surface area (Å²) >= 11 is 0. The van der Waals surface area contributed by atoms with Crippen LogP contribution in [0.25, 0.3) is 16.8 Å². The van der Waals surface area contributed by atoms with Crippen LogP contribution in [0.3, 0.4) is 0 Å². The Morgan fingerprint density at radius 2 is 1.86 bits per heavy atom. The minimum Gasteiger partial charge on any atom is -0.507 e. The first kappa shape index (κ1) is 23.5.